The number of carboxylic acid groups (broad SMARTS) is 1. The van der Waals surface area contributed by atoms with Crippen LogP contribution in [0.4, 0.5) is 0 Å². The Labute approximate surface area is 254 Å². The Morgan fingerprint density at radius 1 is 1.14 bits per heavy atom. The van der Waals surface area contributed by atoms with E-state index in [1.807, 2.05) is 36.4 Å². The van der Waals surface area contributed by atoms with Gasteiger partial charge in [0, 0.05) is 39.1 Å². The van der Waals surface area contributed by atoms with Gasteiger partial charge < -0.3 is 14.7 Å². The average Bonchev–Trinajstić information content (AvgIpc) is 2.83. The third-order valence-electron chi connectivity index (χ3n) is 5.73. The lowest BCUT2D eigenvalue weighted by Crippen LogP contribution is -2.48. The highest BCUT2D eigenvalue weighted by Gasteiger charge is 2.35. The molecule has 0 bridgehead atoms. The summed E-state index contributed by atoms with van der Waals surface area (Å²) in [7, 11) is 0. The summed E-state index contributed by atoms with van der Waals surface area (Å²) in [4.78, 5) is 26.6. The number of carboxylic acids is 1. The lowest BCUT2D eigenvalue weighted by atomic mass is 9.93. The predicted octanol–water partition coefficient (Wildman–Crippen LogP) is 7.60. The van der Waals surface area contributed by atoms with Crippen molar-refractivity contribution in [1.82, 2.24) is 4.90 Å². The minimum Gasteiger partial charge on any atom is -0.487 e. The number of ether oxygens (including phenoxy) is 1. The second-order valence-corrected chi connectivity index (χ2v) is 12.1. The van der Waals surface area contributed by atoms with Crippen LogP contribution in [-0.4, -0.2) is 27.9 Å². The van der Waals surface area contributed by atoms with Crippen molar-refractivity contribution < 1.29 is 19.4 Å². The minimum absolute atomic E-state index is 0.170. The summed E-state index contributed by atoms with van der Waals surface area (Å²) in [5.74, 6) is -0.720. The maximum atomic E-state index is 13.1. The maximum absolute atomic E-state index is 13.1. The van der Waals surface area contributed by atoms with Gasteiger partial charge in [0.2, 0.25) is 5.91 Å². The third-order valence-corrected chi connectivity index (χ3v) is 8.79. The molecule has 0 spiro atoms. The monoisotopic (exact) mass is 811 g/mol. The van der Waals surface area contributed by atoms with E-state index in [4.69, 9.17) is 27.9 Å². The van der Waals surface area contributed by atoms with E-state index in [9.17, 15) is 14.7 Å². The van der Waals surface area contributed by atoms with Crippen molar-refractivity contribution in [3.8, 4) is 5.75 Å². The number of fused-ring (bicyclic) bond motifs is 1. The van der Waals surface area contributed by atoms with Gasteiger partial charge in [0.25, 0.3) is 0 Å². The van der Waals surface area contributed by atoms with Crippen LogP contribution in [0.2, 0.25) is 10.0 Å². The third kappa shape index (κ3) is 6.38. The molecule has 10 heteroatoms. The fourth-order valence-corrected chi connectivity index (χ4v) is 6.86. The second-order valence-electron chi connectivity index (χ2n) is 8.07. The van der Waals surface area contributed by atoms with Crippen LogP contribution in [0.15, 0.2) is 59.1 Å². The van der Waals surface area contributed by atoms with Gasteiger partial charge in [-0.1, -0.05) is 57.3 Å². The summed E-state index contributed by atoms with van der Waals surface area (Å²) in [6.07, 6.45) is 3.33. The van der Waals surface area contributed by atoms with Crippen LogP contribution in [0.25, 0.3) is 6.08 Å². The van der Waals surface area contributed by atoms with E-state index >= 15 is 0 Å². The van der Waals surface area contributed by atoms with Crippen molar-refractivity contribution >= 4 is 102 Å². The molecule has 5 nitrogen and oxygen atoms in total. The summed E-state index contributed by atoms with van der Waals surface area (Å²) in [6, 6.07) is 13.7. The Balaban J connectivity index is 1.60. The number of aliphatic carboxylic acids is 1. The Bertz CT molecular complexity index is 1370. The average molecular weight is 813 g/mol. The molecule has 0 radical (unpaired) electrons. The van der Waals surface area contributed by atoms with Gasteiger partial charge in [-0.15, -0.1) is 0 Å². The lowest BCUT2D eigenvalue weighted by Gasteiger charge is -2.35. The first-order valence-electron chi connectivity index (χ1n) is 10.7. The summed E-state index contributed by atoms with van der Waals surface area (Å²) in [5, 5.41) is 10.9. The molecule has 0 unspecified atom stereocenters. The number of halogens is 5. The van der Waals surface area contributed by atoms with E-state index in [-0.39, 0.29) is 25.5 Å². The maximum Gasteiger partial charge on any atom is 0.326 e. The molecular weight excluding hydrogens is 795 g/mol. The van der Waals surface area contributed by atoms with Crippen molar-refractivity contribution in [1.29, 1.82) is 0 Å². The van der Waals surface area contributed by atoms with Gasteiger partial charge in [-0.05, 0) is 98.3 Å². The molecule has 1 amide bonds. The van der Waals surface area contributed by atoms with E-state index in [0.717, 1.165) is 33.9 Å². The summed E-state index contributed by atoms with van der Waals surface area (Å²) >= 11 is 20.1. The van der Waals surface area contributed by atoms with Crippen LogP contribution in [0.3, 0.4) is 0 Å². The van der Waals surface area contributed by atoms with Gasteiger partial charge in [0.15, 0.2) is 0 Å². The number of rotatable bonds is 6. The fraction of sp³-hybridized carbons (Fsp3) is 0.154. The zero-order chi connectivity index (χ0) is 26.0. The van der Waals surface area contributed by atoms with Crippen molar-refractivity contribution in [2.24, 2.45) is 0 Å². The van der Waals surface area contributed by atoms with E-state index in [0.29, 0.717) is 15.8 Å². The molecule has 1 aliphatic heterocycles. The van der Waals surface area contributed by atoms with Crippen molar-refractivity contribution in [3.05, 3.63) is 98.5 Å². The van der Waals surface area contributed by atoms with E-state index in [1.165, 1.54) is 11.0 Å². The molecule has 1 aliphatic rings. The fourth-order valence-electron chi connectivity index (χ4n) is 3.85. The van der Waals surface area contributed by atoms with Crippen LogP contribution in [0, 0.1) is 7.14 Å². The predicted molar refractivity (Wildman–Crippen MR) is 162 cm³/mol. The molecular formula is C26H18BrCl2I2NO4. The summed E-state index contributed by atoms with van der Waals surface area (Å²) < 4.78 is 8.79. The van der Waals surface area contributed by atoms with Crippen LogP contribution in [0.1, 0.15) is 22.3 Å². The van der Waals surface area contributed by atoms with Gasteiger partial charge in [-0.2, -0.15) is 0 Å². The first-order chi connectivity index (χ1) is 17.1. The molecule has 1 N–H and O–H groups in total. The molecule has 0 saturated carbocycles. The quantitative estimate of drug-likeness (QED) is 0.206. The van der Waals surface area contributed by atoms with Gasteiger partial charge in [0.1, 0.15) is 18.4 Å². The van der Waals surface area contributed by atoms with Crippen molar-refractivity contribution in [3.63, 3.8) is 0 Å². The zero-order valence-electron chi connectivity index (χ0n) is 18.5. The normalized spacial score (nSPS) is 15.1. The topological polar surface area (TPSA) is 66.8 Å². The van der Waals surface area contributed by atoms with Crippen LogP contribution in [-0.2, 0) is 29.2 Å². The molecule has 36 heavy (non-hydrogen) atoms. The van der Waals surface area contributed by atoms with Crippen LogP contribution < -0.4 is 4.74 Å². The number of benzene rings is 3. The van der Waals surface area contributed by atoms with Gasteiger partial charge in [0.05, 0.1) is 7.14 Å². The largest absolute Gasteiger partial charge is 0.487 e. The molecule has 3 aromatic rings. The van der Waals surface area contributed by atoms with Crippen LogP contribution >= 0.6 is 84.3 Å². The number of hydrogen-bond donors (Lipinski definition) is 1. The zero-order valence-corrected chi connectivity index (χ0v) is 25.9. The molecule has 0 saturated heterocycles. The Morgan fingerprint density at radius 3 is 2.53 bits per heavy atom. The first-order valence-corrected chi connectivity index (χ1v) is 14.4. The lowest BCUT2D eigenvalue weighted by molar-refractivity contribution is -0.149. The highest BCUT2D eigenvalue weighted by molar-refractivity contribution is 14.1. The standard InChI is InChI=1S/C26H18BrCl2I2NO4/c27-17-5-1-14(2-6-17)3-8-23(33)32-12-19-16(10-22(32)26(34)35)9-21(30)25(24(19)31)36-13-15-4-7-18(28)11-20(15)29/h1-9,11,22H,10,12-13H2,(H,34,35)/b8-3+/t22-/m0/s1. The van der Waals surface area contributed by atoms with E-state index < -0.39 is 12.0 Å². The van der Waals surface area contributed by atoms with E-state index in [1.54, 1.807) is 18.2 Å². The number of carbonyl (C=O) groups excluding carboxylic acids is 1. The van der Waals surface area contributed by atoms with Crippen molar-refractivity contribution in [2.45, 2.75) is 25.6 Å². The number of carbonyl (C=O) groups is 2. The first kappa shape index (κ1) is 27.7. The number of hydrogen-bond acceptors (Lipinski definition) is 3. The van der Waals surface area contributed by atoms with Gasteiger partial charge in [-0.3, -0.25) is 4.79 Å². The molecule has 0 fully saturated rings. The Kier molecular flexibility index (Phi) is 9.24. The summed E-state index contributed by atoms with van der Waals surface area (Å²) in [5.41, 5.74) is 3.42. The highest BCUT2D eigenvalue weighted by atomic mass is 127. The second kappa shape index (κ2) is 12.0. The minimum atomic E-state index is -1.03. The van der Waals surface area contributed by atoms with Crippen LogP contribution in [0.5, 0.6) is 5.75 Å². The molecule has 186 valence electrons. The molecule has 1 atom stereocenters. The summed E-state index contributed by atoms with van der Waals surface area (Å²) in [6.45, 7) is 0.417. The molecule has 4 rings (SSSR count). The Hall–Kier alpha value is -1.34. The molecule has 1 heterocycles. The van der Waals surface area contributed by atoms with E-state index in [2.05, 4.69) is 61.1 Å². The van der Waals surface area contributed by atoms with Gasteiger partial charge in [-0.25, -0.2) is 4.79 Å². The molecule has 0 aliphatic carbocycles. The number of nitrogens with zero attached hydrogens (tertiary/aromatic N) is 1. The van der Waals surface area contributed by atoms with Gasteiger partial charge >= 0.3 is 5.97 Å². The van der Waals surface area contributed by atoms with Crippen molar-refractivity contribution in [2.75, 3.05) is 0 Å². The SMILES string of the molecule is O=C(O)[C@@H]1Cc2cc(I)c(OCc3ccc(Cl)cc3Cl)c(I)c2CN1C(=O)/C=C/c1ccc(Br)cc1. The molecule has 0 aromatic heterocycles. The highest BCUT2D eigenvalue weighted by Crippen LogP contribution is 2.38. The number of amides is 1. The smallest absolute Gasteiger partial charge is 0.326 e. The molecule has 3 aromatic carbocycles. The Morgan fingerprint density at radius 2 is 1.86 bits per heavy atom.